The normalized spacial score (nSPS) is 12.1. The fourth-order valence-electron chi connectivity index (χ4n) is 3.22. The molecule has 0 saturated carbocycles. The van der Waals surface area contributed by atoms with Crippen molar-refractivity contribution in [2.24, 2.45) is 5.10 Å². The summed E-state index contributed by atoms with van der Waals surface area (Å²) >= 11 is 12.0. The number of nitrogens with zero attached hydrogens (tertiary/aromatic N) is 4. The molecule has 0 aliphatic rings. The van der Waals surface area contributed by atoms with Gasteiger partial charge in [-0.25, -0.2) is 10.1 Å². The fraction of sp³-hybridized carbons (Fsp3) is 0.167. The van der Waals surface area contributed by atoms with Gasteiger partial charge in [0.15, 0.2) is 11.5 Å². The zero-order chi connectivity index (χ0) is 24.1. The number of aromatic nitrogens is 3. The molecule has 4 rings (SSSR count). The summed E-state index contributed by atoms with van der Waals surface area (Å²) in [6, 6.07) is 17.5. The number of hydrogen-bond donors (Lipinski definition) is 1. The van der Waals surface area contributed by atoms with Gasteiger partial charge in [-0.2, -0.15) is 5.10 Å². The quantitative estimate of drug-likeness (QED) is 0.272. The minimum atomic E-state index is -0.587. The summed E-state index contributed by atoms with van der Waals surface area (Å²) in [5, 5.41) is 13.2. The smallest absolute Gasteiger partial charge is 0.264 e. The summed E-state index contributed by atoms with van der Waals surface area (Å²) in [5.74, 6) is 0.764. The number of nitrogens with one attached hydrogen (secondary N) is 1. The second-order valence-corrected chi connectivity index (χ2v) is 8.19. The Hall–Kier alpha value is -3.62. The van der Waals surface area contributed by atoms with Crippen LogP contribution in [-0.4, -0.2) is 34.2 Å². The average molecular weight is 498 g/mol. The molecule has 10 heteroatoms. The predicted octanol–water partition coefficient (Wildman–Crippen LogP) is 5.04. The van der Waals surface area contributed by atoms with Crippen LogP contribution in [-0.2, 0) is 11.4 Å². The van der Waals surface area contributed by atoms with Crippen LogP contribution in [0.25, 0.3) is 11.0 Å². The third-order valence-electron chi connectivity index (χ3n) is 5.08. The zero-order valence-electron chi connectivity index (χ0n) is 18.4. The molecule has 1 amide bonds. The highest BCUT2D eigenvalue weighted by atomic mass is 35.5. The molecule has 1 heterocycles. The monoisotopic (exact) mass is 497 g/mol. The number of halogens is 2. The van der Waals surface area contributed by atoms with Gasteiger partial charge in [-0.05, 0) is 60.5 Å². The van der Waals surface area contributed by atoms with Gasteiger partial charge in [0.05, 0.1) is 28.9 Å². The summed E-state index contributed by atoms with van der Waals surface area (Å²) < 4.78 is 12.8. The lowest BCUT2D eigenvalue weighted by Gasteiger charge is -2.12. The number of para-hydroxylation sites is 1. The number of benzene rings is 3. The third kappa shape index (κ3) is 5.30. The van der Waals surface area contributed by atoms with Gasteiger partial charge >= 0.3 is 0 Å². The van der Waals surface area contributed by atoms with Gasteiger partial charge in [0.2, 0.25) is 0 Å². The Morgan fingerprint density at radius 1 is 1.12 bits per heavy atom. The molecule has 0 aliphatic carbocycles. The molecule has 0 saturated heterocycles. The van der Waals surface area contributed by atoms with E-state index in [0.717, 1.165) is 22.2 Å². The first-order chi connectivity index (χ1) is 16.5. The molecular formula is C24H21Cl2N5O3. The van der Waals surface area contributed by atoms with Crippen molar-refractivity contribution >= 4 is 46.4 Å². The Morgan fingerprint density at radius 3 is 2.74 bits per heavy atom. The number of hydrazone groups is 1. The number of carbonyl (C=O) groups excluding carboxylic acids is 1. The van der Waals surface area contributed by atoms with Crippen LogP contribution in [0.3, 0.4) is 0 Å². The van der Waals surface area contributed by atoms with E-state index < -0.39 is 6.04 Å². The Labute approximate surface area is 206 Å². The number of hydrogen-bond acceptors (Lipinski definition) is 6. The first-order valence-corrected chi connectivity index (χ1v) is 11.1. The maximum absolute atomic E-state index is 12.5. The number of ether oxygens (including phenoxy) is 2. The van der Waals surface area contributed by atoms with Crippen molar-refractivity contribution in [3.05, 3.63) is 81.8 Å². The van der Waals surface area contributed by atoms with E-state index in [0.29, 0.717) is 28.2 Å². The zero-order valence-corrected chi connectivity index (χ0v) is 19.9. The largest absolute Gasteiger partial charge is 0.493 e. The Balaban J connectivity index is 1.38. The molecule has 1 aromatic heterocycles. The summed E-state index contributed by atoms with van der Waals surface area (Å²) in [5.41, 5.74) is 5.63. The topological polar surface area (TPSA) is 90.6 Å². The van der Waals surface area contributed by atoms with Crippen LogP contribution in [0.5, 0.6) is 11.5 Å². The van der Waals surface area contributed by atoms with E-state index in [-0.39, 0.29) is 5.91 Å². The van der Waals surface area contributed by atoms with Gasteiger partial charge in [0.25, 0.3) is 5.91 Å². The molecule has 3 aromatic carbocycles. The van der Waals surface area contributed by atoms with Crippen molar-refractivity contribution < 1.29 is 14.3 Å². The average Bonchev–Trinajstić information content (AvgIpc) is 3.28. The van der Waals surface area contributed by atoms with E-state index in [1.54, 1.807) is 49.0 Å². The Kier molecular flexibility index (Phi) is 7.30. The van der Waals surface area contributed by atoms with Gasteiger partial charge in [-0.1, -0.05) is 46.6 Å². The predicted molar refractivity (Wildman–Crippen MR) is 132 cm³/mol. The lowest BCUT2D eigenvalue weighted by Crippen LogP contribution is -2.28. The molecule has 0 bridgehead atoms. The van der Waals surface area contributed by atoms with Gasteiger partial charge in [0, 0.05) is 0 Å². The highest BCUT2D eigenvalue weighted by Crippen LogP contribution is 2.29. The maximum atomic E-state index is 12.5. The third-order valence-corrected chi connectivity index (χ3v) is 5.82. The summed E-state index contributed by atoms with van der Waals surface area (Å²) in [6.07, 6.45) is 1.52. The fourth-order valence-corrected chi connectivity index (χ4v) is 3.54. The van der Waals surface area contributed by atoms with E-state index in [4.69, 9.17) is 32.7 Å². The summed E-state index contributed by atoms with van der Waals surface area (Å²) in [7, 11) is 1.55. The number of rotatable bonds is 8. The van der Waals surface area contributed by atoms with Crippen molar-refractivity contribution in [1.82, 2.24) is 20.4 Å². The van der Waals surface area contributed by atoms with Crippen LogP contribution in [0.15, 0.2) is 65.8 Å². The Bertz CT molecular complexity index is 1360. The SMILES string of the molecule is COc1cc(/C=N/NC(=O)C(C)n2nnc3ccccc32)ccc1OCc1ccc(Cl)c(Cl)c1. The molecule has 1 unspecified atom stereocenters. The summed E-state index contributed by atoms with van der Waals surface area (Å²) in [6.45, 7) is 2.03. The highest BCUT2D eigenvalue weighted by Gasteiger charge is 2.18. The van der Waals surface area contributed by atoms with Crippen LogP contribution in [0.2, 0.25) is 10.0 Å². The van der Waals surface area contributed by atoms with Crippen molar-refractivity contribution in [3.8, 4) is 11.5 Å². The molecule has 0 radical (unpaired) electrons. The molecular weight excluding hydrogens is 477 g/mol. The van der Waals surface area contributed by atoms with E-state index in [2.05, 4.69) is 20.8 Å². The first-order valence-electron chi connectivity index (χ1n) is 10.3. The van der Waals surface area contributed by atoms with Crippen LogP contribution >= 0.6 is 23.2 Å². The van der Waals surface area contributed by atoms with Gasteiger partial charge in [-0.15, -0.1) is 5.10 Å². The Morgan fingerprint density at radius 2 is 1.94 bits per heavy atom. The second-order valence-electron chi connectivity index (χ2n) is 7.38. The van der Waals surface area contributed by atoms with Crippen LogP contribution < -0.4 is 14.9 Å². The van der Waals surface area contributed by atoms with Crippen LogP contribution in [0.4, 0.5) is 0 Å². The molecule has 0 aliphatic heterocycles. The minimum Gasteiger partial charge on any atom is -0.493 e. The van der Waals surface area contributed by atoms with Gasteiger partial charge < -0.3 is 9.47 Å². The van der Waals surface area contributed by atoms with Crippen LogP contribution in [0.1, 0.15) is 24.1 Å². The molecule has 174 valence electrons. The molecule has 0 fully saturated rings. The van der Waals surface area contributed by atoms with Crippen molar-refractivity contribution in [2.75, 3.05) is 7.11 Å². The van der Waals surface area contributed by atoms with Crippen molar-refractivity contribution in [1.29, 1.82) is 0 Å². The van der Waals surface area contributed by atoms with E-state index in [1.807, 2.05) is 30.3 Å². The number of amides is 1. The molecule has 34 heavy (non-hydrogen) atoms. The molecule has 1 atom stereocenters. The highest BCUT2D eigenvalue weighted by molar-refractivity contribution is 6.42. The number of fused-ring (bicyclic) bond motifs is 1. The van der Waals surface area contributed by atoms with Gasteiger partial charge in [-0.3, -0.25) is 4.79 Å². The number of methoxy groups -OCH3 is 1. The standard InChI is InChI=1S/C24H21Cl2N5O3/c1-15(31-21-6-4-3-5-20(21)28-30-31)24(32)29-27-13-16-8-10-22(23(12-16)33-2)34-14-17-7-9-18(25)19(26)11-17/h3-13,15H,14H2,1-2H3,(H,29,32)/b27-13+. The van der Waals surface area contributed by atoms with Crippen molar-refractivity contribution in [2.45, 2.75) is 19.6 Å². The lowest BCUT2D eigenvalue weighted by atomic mass is 10.2. The molecule has 8 nitrogen and oxygen atoms in total. The molecule has 4 aromatic rings. The lowest BCUT2D eigenvalue weighted by molar-refractivity contribution is -0.124. The summed E-state index contributed by atoms with van der Waals surface area (Å²) in [4.78, 5) is 12.5. The second kappa shape index (κ2) is 10.5. The first kappa shape index (κ1) is 23.5. The van der Waals surface area contributed by atoms with E-state index in [1.165, 1.54) is 6.21 Å². The van der Waals surface area contributed by atoms with E-state index in [9.17, 15) is 4.79 Å². The maximum Gasteiger partial charge on any atom is 0.264 e. The van der Waals surface area contributed by atoms with Gasteiger partial charge in [0.1, 0.15) is 18.2 Å². The van der Waals surface area contributed by atoms with E-state index >= 15 is 0 Å². The molecule has 1 N–H and O–H groups in total. The molecule has 0 spiro atoms. The van der Waals surface area contributed by atoms with Crippen molar-refractivity contribution in [3.63, 3.8) is 0 Å². The van der Waals surface area contributed by atoms with Crippen LogP contribution in [0, 0.1) is 0 Å². The number of carbonyl (C=O) groups is 1. The minimum absolute atomic E-state index is 0.297.